The Hall–Kier alpha value is -1.20. The first-order chi connectivity index (χ1) is 7.33. The van der Waals surface area contributed by atoms with Crippen LogP contribution in [0.1, 0.15) is 0 Å². The highest BCUT2D eigenvalue weighted by Gasteiger charge is 2.20. The summed E-state index contributed by atoms with van der Waals surface area (Å²) in [5, 5.41) is 3.10. The van der Waals surface area contributed by atoms with Crippen LogP contribution < -0.4 is 10.1 Å². The third-order valence-corrected chi connectivity index (χ3v) is 3.18. The predicted octanol–water partition coefficient (Wildman–Crippen LogP) is 1.79. The van der Waals surface area contributed by atoms with E-state index in [-0.39, 0.29) is 11.9 Å². The minimum absolute atomic E-state index is 0.150. The Labute approximate surface area is 89.9 Å². The number of rotatable bonds is 2. The van der Waals surface area contributed by atoms with Crippen LogP contribution in [-0.4, -0.2) is 24.2 Å². The molecule has 0 radical (unpaired) electrons. The number of halogens is 1. The molecule has 5 heteroatoms. The fourth-order valence-corrected chi connectivity index (χ4v) is 2.24. The van der Waals surface area contributed by atoms with Crippen LogP contribution in [0.3, 0.4) is 0 Å². The van der Waals surface area contributed by atoms with E-state index in [4.69, 9.17) is 4.74 Å². The smallest absolute Gasteiger partial charge is 0.149 e. The SMILES string of the molecule is Fc1cc(OC2CNC2)c2ncsc2c1. The number of benzene rings is 1. The van der Waals surface area contributed by atoms with Crippen molar-refractivity contribution in [1.29, 1.82) is 0 Å². The zero-order valence-electron chi connectivity index (χ0n) is 7.87. The van der Waals surface area contributed by atoms with Crippen LogP contribution >= 0.6 is 11.3 Å². The Kier molecular flexibility index (Phi) is 2.07. The van der Waals surface area contributed by atoms with Gasteiger partial charge in [-0.1, -0.05) is 0 Å². The number of ether oxygens (including phenoxy) is 1. The monoisotopic (exact) mass is 224 g/mol. The fourth-order valence-electron chi connectivity index (χ4n) is 1.52. The van der Waals surface area contributed by atoms with Crippen LogP contribution in [0.5, 0.6) is 5.75 Å². The van der Waals surface area contributed by atoms with Crippen LogP contribution in [-0.2, 0) is 0 Å². The zero-order valence-corrected chi connectivity index (χ0v) is 8.68. The average molecular weight is 224 g/mol. The van der Waals surface area contributed by atoms with Gasteiger partial charge >= 0.3 is 0 Å². The van der Waals surface area contributed by atoms with Gasteiger partial charge in [-0.25, -0.2) is 9.37 Å². The molecule has 0 spiro atoms. The van der Waals surface area contributed by atoms with E-state index in [0.29, 0.717) is 5.75 Å². The van der Waals surface area contributed by atoms with Gasteiger partial charge in [0, 0.05) is 19.2 Å². The minimum atomic E-state index is -0.269. The molecule has 1 aromatic carbocycles. The lowest BCUT2D eigenvalue weighted by atomic mass is 10.2. The Bertz CT molecular complexity index is 495. The third-order valence-electron chi connectivity index (χ3n) is 2.40. The molecular formula is C10H9FN2OS. The highest BCUT2D eigenvalue weighted by molar-refractivity contribution is 7.16. The number of aromatic nitrogens is 1. The molecule has 1 aromatic heterocycles. The number of hydrogen-bond acceptors (Lipinski definition) is 4. The molecule has 0 unspecified atom stereocenters. The highest BCUT2D eigenvalue weighted by Crippen LogP contribution is 2.29. The maximum absolute atomic E-state index is 13.2. The highest BCUT2D eigenvalue weighted by atomic mass is 32.1. The van der Waals surface area contributed by atoms with Crippen LogP contribution in [0.4, 0.5) is 4.39 Å². The van der Waals surface area contributed by atoms with Crippen molar-refractivity contribution in [2.45, 2.75) is 6.10 Å². The summed E-state index contributed by atoms with van der Waals surface area (Å²) in [5.41, 5.74) is 2.46. The van der Waals surface area contributed by atoms with Gasteiger partial charge in [0.2, 0.25) is 0 Å². The van der Waals surface area contributed by atoms with E-state index in [9.17, 15) is 4.39 Å². The van der Waals surface area contributed by atoms with Gasteiger partial charge in [-0.2, -0.15) is 0 Å². The van der Waals surface area contributed by atoms with Gasteiger partial charge in [0.1, 0.15) is 23.2 Å². The molecular weight excluding hydrogens is 215 g/mol. The molecule has 0 bridgehead atoms. The summed E-state index contributed by atoms with van der Waals surface area (Å²) < 4.78 is 19.7. The van der Waals surface area contributed by atoms with E-state index in [2.05, 4.69) is 10.3 Å². The molecule has 0 amide bonds. The molecule has 0 aliphatic carbocycles. The van der Waals surface area contributed by atoms with Crippen molar-refractivity contribution in [3.05, 3.63) is 23.5 Å². The average Bonchev–Trinajstić information content (AvgIpc) is 2.58. The lowest BCUT2D eigenvalue weighted by Gasteiger charge is -2.27. The summed E-state index contributed by atoms with van der Waals surface area (Å²) >= 11 is 1.42. The number of thiazole rings is 1. The fraction of sp³-hybridized carbons (Fsp3) is 0.300. The standard InChI is InChI=1S/C10H9FN2OS/c11-6-1-8(14-7-3-12-4-7)10-9(2-6)15-5-13-10/h1-2,5,7,12H,3-4H2. The first-order valence-corrected chi connectivity index (χ1v) is 5.61. The second kappa shape index (κ2) is 3.43. The molecule has 2 aromatic rings. The molecule has 2 heterocycles. The quantitative estimate of drug-likeness (QED) is 0.844. The van der Waals surface area contributed by atoms with Crippen LogP contribution in [0.15, 0.2) is 17.6 Å². The molecule has 3 nitrogen and oxygen atoms in total. The molecule has 1 N–H and O–H groups in total. The summed E-state index contributed by atoms with van der Waals surface area (Å²) in [7, 11) is 0. The second-order valence-corrected chi connectivity index (χ2v) is 4.39. The molecule has 1 aliphatic rings. The maximum atomic E-state index is 13.2. The number of fused-ring (bicyclic) bond motifs is 1. The van der Waals surface area contributed by atoms with E-state index >= 15 is 0 Å². The maximum Gasteiger partial charge on any atom is 0.149 e. The van der Waals surface area contributed by atoms with E-state index < -0.39 is 0 Å². The Morgan fingerprint density at radius 3 is 3.07 bits per heavy atom. The molecule has 0 atom stereocenters. The minimum Gasteiger partial charge on any atom is -0.485 e. The van der Waals surface area contributed by atoms with Crippen molar-refractivity contribution >= 4 is 21.6 Å². The Morgan fingerprint density at radius 1 is 1.47 bits per heavy atom. The zero-order chi connectivity index (χ0) is 10.3. The lowest BCUT2D eigenvalue weighted by Crippen LogP contribution is -2.50. The first-order valence-electron chi connectivity index (χ1n) is 4.73. The third kappa shape index (κ3) is 1.57. The summed E-state index contributed by atoms with van der Waals surface area (Å²) in [5.74, 6) is 0.284. The molecule has 3 rings (SSSR count). The summed E-state index contributed by atoms with van der Waals surface area (Å²) in [6.45, 7) is 1.64. The van der Waals surface area contributed by atoms with Crippen molar-refractivity contribution in [3.8, 4) is 5.75 Å². The Morgan fingerprint density at radius 2 is 2.33 bits per heavy atom. The Balaban J connectivity index is 2.02. The van der Waals surface area contributed by atoms with Crippen LogP contribution in [0.2, 0.25) is 0 Å². The van der Waals surface area contributed by atoms with Gasteiger partial charge in [-0.15, -0.1) is 11.3 Å². The molecule has 1 aliphatic heterocycles. The molecule has 0 saturated carbocycles. The summed E-state index contributed by atoms with van der Waals surface area (Å²) in [4.78, 5) is 4.18. The van der Waals surface area contributed by atoms with Gasteiger partial charge in [-0.05, 0) is 6.07 Å². The van der Waals surface area contributed by atoms with Crippen molar-refractivity contribution in [3.63, 3.8) is 0 Å². The van der Waals surface area contributed by atoms with E-state index in [1.165, 1.54) is 23.5 Å². The summed E-state index contributed by atoms with van der Waals surface area (Å²) in [6.07, 6.45) is 0.150. The van der Waals surface area contributed by atoms with Gasteiger partial charge in [0.25, 0.3) is 0 Å². The van der Waals surface area contributed by atoms with Crippen molar-refractivity contribution in [2.24, 2.45) is 0 Å². The largest absolute Gasteiger partial charge is 0.485 e. The van der Waals surface area contributed by atoms with Crippen molar-refractivity contribution < 1.29 is 9.13 Å². The predicted molar refractivity (Wildman–Crippen MR) is 56.9 cm³/mol. The number of hydrogen-bond donors (Lipinski definition) is 1. The molecule has 1 saturated heterocycles. The first kappa shape index (κ1) is 9.06. The lowest BCUT2D eigenvalue weighted by molar-refractivity contribution is 0.143. The number of nitrogens with zero attached hydrogens (tertiary/aromatic N) is 1. The summed E-state index contributed by atoms with van der Waals surface area (Å²) in [6, 6.07) is 2.89. The normalized spacial score (nSPS) is 16.6. The van der Waals surface area contributed by atoms with Gasteiger partial charge in [-0.3, -0.25) is 0 Å². The van der Waals surface area contributed by atoms with Gasteiger partial charge < -0.3 is 10.1 Å². The van der Waals surface area contributed by atoms with Gasteiger partial charge in [0.15, 0.2) is 0 Å². The molecule has 15 heavy (non-hydrogen) atoms. The van der Waals surface area contributed by atoms with E-state index in [1.54, 1.807) is 5.51 Å². The van der Waals surface area contributed by atoms with E-state index in [1.807, 2.05) is 0 Å². The van der Waals surface area contributed by atoms with Crippen molar-refractivity contribution in [2.75, 3.05) is 13.1 Å². The van der Waals surface area contributed by atoms with E-state index in [0.717, 1.165) is 23.3 Å². The van der Waals surface area contributed by atoms with Gasteiger partial charge in [0.05, 0.1) is 10.2 Å². The number of nitrogens with one attached hydrogen (secondary N) is 1. The molecule has 1 fully saturated rings. The topological polar surface area (TPSA) is 34.1 Å². The second-order valence-electron chi connectivity index (χ2n) is 3.50. The molecule has 78 valence electrons. The van der Waals surface area contributed by atoms with Crippen LogP contribution in [0.25, 0.3) is 10.2 Å². The van der Waals surface area contributed by atoms with Crippen LogP contribution in [0, 0.1) is 5.82 Å². The van der Waals surface area contributed by atoms with Crippen molar-refractivity contribution in [1.82, 2.24) is 10.3 Å².